The number of rotatable bonds is 5. The summed E-state index contributed by atoms with van der Waals surface area (Å²) in [6, 6.07) is 9.66. The van der Waals surface area contributed by atoms with Crippen LogP contribution in [0.25, 0.3) is 10.1 Å². The van der Waals surface area contributed by atoms with Crippen LogP contribution in [0.5, 0.6) is 0 Å². The zero-order chi connectivity index (χ0) is 20.5. The van der Waals surface area contributed by atoms with Crippen LogP contribution >= 0.6 is 11.3 Å². The van der Waals surface area contributed by atoms with Gasteiger partial charge in [0, 0.05) is 36.4 Å². The van der Waals surface area contributed by atoms with Gasteiger partial charge < -0.3 is 9.64 Å². The zero-order valence-electron chi connectivity index (χ0n) is 15.1. The molecule has 1 amide bonds. The Morgan fingerprint density at radius 1 is 1.14 bits per heavy atom. The smallest absolute Gasteiger partial charge is 0.380 e. The van der Waals surface area contributed by atoms with Gasteiger partial charge in [0.1, 0.15) is 5.82 Å². The van der Waals surface area contributed by atoms with Gasteiger partial charge in [-0.05, 0) is 23.8 Å². The van der Waals surface area contributed by atoms with E-state index in [-0.39, 0.29) is 23.6 Å². The fourth-order valence-electron chi connectivity index (χ4n) is 3.06. The molecule has 0 aliphatic heterocycles. The van der Waals surface area contributed by atoms with E-state index in [0.717, 1.165) is 17.4 Å². The van der Waals surface area contributed by atoms with Gasteiger partial charge in [-0.3, -0.25) is 4.79 Å². The molecule has 0 aliphatic rings. The second-order valence-electron chi connectivity index (χ2n) is 6.27. The number of alkyl halides is 3. The van der Waals surface area contributed by atoms with Crippen molar-refractivity contribution in [1.29, 1.82) is 0 Å². The number of nitrogens with zero attached hydrogens (tertiary/aromatic N) is 1. The van der Waals surface area contributed by atoms with Crippen molar-refractivity contribution >= 4 is 27.3 Å². The highest BCUT2D eigenvalue weighted by molar-refractivity contribution is 7.21. The van der Waals surface area contributed by atoms with E-state index in [1.807, 2.05) is 0 Å². The second kappa shape index (κ2) is 7.89. The van der Waals surface area contributed by atoms with E-state index in [0.29, 0.717) is 15.6 Å². The third-order valence-corrected chi connectivity index (χ3v) is 5.51. The maximum atomic E-state index is 14.3. The van der Waals surface area contributed by atoms with Crippen LogP contribution in [0.2, 0.25) is 0 Å². The molecule has 2 aromatic carbocycles. The van der Waals surface area contributed by atoms with Crippen molar-refractivity contribution in [3.05, 3.63) is 69.8 Å². The zero-order valence-corrected chi connectivity index (χ0v) is 16.0. The van der Waals surface area contributed by atoms with Gasteiger partial charge in [0.05, 0.1) is 17.0 Å². The Hall–Kier alpha value is -2.45. The van der Waals surface area contributed by atoms with Gasteiger partial charge in [-0.2, -0.15) is 13.2 Å². The van der Waals surface area contributed by atoms with E-state index in [1.165, 1.54) is 43.3 Å². The van der Waals surface area contributed by atoms with Gasteiger partial charge in [-0.25, -0.2) is 4.39 Å². The van der Waals surface area contributed by atoms with Crippen LogP contribution in [0.3, 0.4) is 0 Å². The predicted molar refractivity (Wildman–Crippen MR) is 99.7 cm³/mol. The molecule has 8 heteroatoms. The fraction of sp³-hybridized carbons (Fsp3) is 0.250. The van der Waals surface area contributed by atoms with Crippen LogP contribution in [0, 0.1) is 5.82 Å². The number of methoxy groups -OCH3 is 1. The van der Waals surface area contributed by atoms with Crippen molar-refractivity contribution in [2.24, 2.45) is 0 Å². The molecule has 0 unspecified atom stereocenters. The van der Waals surface area contributed by atoms with Gasteiger partial charge >= 0.3 is 6.18 Å². The molecular formula is C20H17F4NO2S. The van der Waals surface area contributed by atoms with Crippen molar-refractivity contribution in [2.75, 3.05) is 14.2 Å². The molecule has 0 saturated heterocycles. The third kappa shape index (κ3) is 3.88. The molecule has 0 radical (unpaired) electrons. The number of halogens is 4. The topological polar surface area (TPSA) is 29.5 Å². The summed E-state index contributed by atoms with van der Waals surface area (Å²) >= 11 is 1.10. The largest absolute Gasteiger partial charge is 0.416 e. The Morgan fingerprint density at radius 2 is 1.86 bits per heavy atom. The van der Waals surface area contributed by atoms with Crippen molar-refractivity contribution in [1.82, 2.24) is 4.90 Å². The second-order valence-corrected chi connectivity index (χ2v) is 7.32. The molecule has 3 aromatic rings. The summed E-state index contributed by atoms with van der Waals surface area (Å²) in [6.07, 6.45) is -4.51. The van der Waals surface area contributed by atoms with E-state index in [4.69, 9.17) is 4.74 Å². The van der Waals surface area contributed by atoms with Crippen molar-refractivity contribution in [3.8, 4) is 0 Å². The molecule has 148 valence electrons. The van der Waals surface area contributed by atoms with Crippen LogP contribution in [-0.2, 0) is 24.1 Å². The van der Waals surface area contributed by atoms with Crippen LogP contribution in [-0.4, -0.2) is 25.0 Å². The van der Waals surface area contributed by atoms with Crippen LogP contribution < -0.4 is 0 Å². The molecule has 0 aliphatic carbocycles. The number of benzene rings is 2. The summed E-state index contributed by atoms with van der Waals surface area (Å²) in [5, 5.41) is 0.307. The maximum Gasteiger partial charge on any atom is 0.416 e. The first-order valence-electron chi connectivity index (χ1n) is 8.33. The molecular weight excluding hydrogens is 394 g/mol. The Kier molecular flexibility index (Phi) is 5.71. The molecule has 1 heterocycles. The lowest BCUT2D eigenvalue weighted by molar-refractivity contribution is -0.138. The molecule has 0 N–H and O–H groups in total. The molecule has 3 nitrogen and oxygen atoms in total. The Labute approximate surface area is 163 Å². The molecule has 0 spiro atoms. The highest BCUT2D eigenvalue weighted by atomic mass is 32.1. The summed E-state index contributed by atoms with van der Waals surface area (Å²) in [6.45, 7) is -0.202. The SMILES string of the molecule is COCc1c(C(=O)N(C)Cc2ccccc2C(F)(F)F)sc2cccc(F)c12. The number of carbonyl (C=O) groups is 1. The number of ether oxygens (including phenoxy) is 1. The molecule has 28 heavy (non-hydrogen) atoms. The summed E-state index contributed by atoms with van der Waals surface area (Å²) in [7, 11) is 2.86. The van der Waals surface area contributed by atoms with E-state index in [1.54, 1.807) is 12.1 Å². The normalized spacial score (nSPS) is 11.8. The van der Waals surface area contributed by atoms with Gasteiger partial charge in [-0.15, -0.1) is 11.3 Å². The minimum atomic E-state index is -4.51. The minimum absolute atomic E-state index is 0.00793. The molecule has 0 atom stereocenters. The molecule has 0 bridgehead atoms. The summed E-state index contributed by atoms with van der Waals surface area (Å²) in [5.41, 5.74) is -0.387. The number of fused-ring (bicyclic) bond motifs is 1. The van der Waals surface area contributed by atoms with Crippen molar-refractivity contribution in [2.45, 2.75) is 19.3 Å². The van der Waals surface area contributed by atoms with Gasteiger partial charge in [0.25, 0.3) is 5.91 Å². The van der Waals surface area contributed by atoms with E-state index in [2.05, 4.69) is 0 Å². The summed E-state index contributed by atoms with van der Waals surface area (Å²) in [4.78, 5) is 14.4. The monoisotopic (exact) mass is 411 g/mol. The highest BCUT2D eigenvalue weighted by Gasteiger charge is 2.33. The van der Waals surface area contributed by atoms with Crippen molar-refractivity contribution in [3.63, 3.8) is 0 Å². The van der Waals surface area contributed by atoms with Crippen LogP contribution in [0.15, 0.2) is 42.5 Å². The first-order valence-corrected chi connectivity index (χ1v) is 9.15. The standard InChI is InChI=1S/C20H17F4NO2S/c1-25(10-12-6-3-4-7-14(12)20(22,23)24)19(26)18-13(11-27-2)17-15(21)8-5-9-16(17)28-18/h3-9H,10-11H2,1-2H3. The molecule has 3 rings (SSSR count). The van der Waals surface area contributed by atoms with E-state index >= 15 is 0 Å². The number of thiophene rings is 1. The molecule has 0 fully saturated rings. The lowest BCUT2D eigenvalue weighted by Gasteiger charge is -2.20. The highest BCUT2D eigenvalue weighted by Crippen LogP contribution is 2.36. The first-order chi connectivity index (χ1) is 13.2. The molecule has 1 aromatic heterocycles. The van der Waals surface area contributed by atoms with Gasteiger partial charge in [-0.1, -0.05) is 24.3 Å². The Morgan fingerprint density at radius 3 is 2.54 bits per heavy atom. The Balaban J connectivity index is 1.97. The minimum Gasteiger partial charge on any atom is -0.380 e. The number of carbonyl (C=O) groups excluding carboxylic acids is 1. The number of hydrogen-bond donors (Lipinski definition) is 0. The fourth-order valence-corrected chi connectivity index (χ4v) is 4.27. The number of hydrogen-bond acceptors (Lipinski definition) is 3. The predicted octanol–water partition coefficient (Wildman–Crippen LogP) is 5.48. The third-order valence-electron chi connectivity index (χ3n) is 4.32. The van der Waals surface area contributed by atoms with E-state index < -0.39 is 23.5 Å². The average Bonchev–Trinajstić information content (AvgIpc) is 3.01. The average molecular weight is 411 g/mol. The first kappa shape index (κ1) is 20.3. The van der Waals surface area contributed by atoms with Gasteiger partial charge in [0.15, 0.2) is 0 Å². The summed E-state index contributed by atoms with van der Waals surface area (Å²) < 4.78 is 59.6. The van der Waals surface area contributed by atoms with Crippen LogP contribution in [0.1, 0.15) is 26.4 Å². The van der Waals surface area contributed by atoms with Crippen LogP contribution in [0.4, 0.5) is 17.6 Å². The Bertz CT molecular complexity index is 1010. The van der Waals surface area contributed by atoms with Gasteiger partial charge in [0.2, 0.25) is 0 Å². The lowest BCUT2D eigenvalue weighted by atomic mass is 10.1. The van der Waals surface area contributed by atoms with E-state index in [9.17, 15) is 22.4 Å². The van der Waals surface area contributed by atoms with Crippen molar-refractivity contribution < 1.29 is 27.1 Å². The lowest BCUT2D eigenvalue weighted by Crippen LogP contribution is -2.27. The number of amides is 1. The quantitative estimate of drug-likeness (QED) is 0.521. The maximum absolute atomic E-state index is 14.3. The summed E-state index contributed by atoms with van der Waals surface area (Å²) in [5.74, 6) is -0.949. The molecule has 0 saturated carbocycles.